The minimum Gasteiger partial charge on any atom is -0.325 e. The van der Waals surface area contributed by atoms with Crippen LogP contribution in [0.5, 0.6) is 0 Å². The van der Waals surface area contributed by atoms with Crippen molar-refractivity contribution in [3.05, 3.63) is 48.3 Å². The number of pyridine rings is 2. The number of rotatable bonds is 3. The molecule has 1 aliphatic rings. The van der Waals surface area contributed by atoms with Crippen LogP contribution in [0, 0.1) is 0 Å². The Bertz CT molecular complexity index is 521. The molecule has 0 saturated carbocycles. The number of nitrogens with one attached hydrogen (secondary N) is 2. The standard InChI is InChI=1S/C15H18N4/c1-2-7-17-14(3-1)19-15-11-13(6-10-18-15)12-4-8-16-9-5-12/h1-3,6-7,10-12,16H,4-5,8-9H2,(H,17,18,19). The van der Waals surface area contributed by atoms with Crippen LogP contribution in [0.3, 0.4) is 0 Å². The van der Waals surface area contributed by atoms with Gasteiger partial charge in [0.05, 0.1) is 0 Å². The van der Waals surface area contributed by atoms with Crippen LogP contribution in [-0.2, 0) is 0 Å². The fourth-order valence-corrected chi connectivity index (χ4v) is 2.49. The average Bonchev–Trinajstić information content (AvgIpc) is 2.49. The first-order valence-corrected chi connectivity index (χ1v) is 6.76. The molecule has 0 unspecified atom stereocenters. The zero-order chi connectivity index (χ0) is 12.9. The minimum atomic E-state index is 0.647. The molecular weight excluding hydrogens is 236 g/mol. The van der Waals surface area contributed by atoms with Crippen molar-refractivity contribution in [1.29, 1.82) is 0 Å². The molecule has 2 N–H and O–H groups in total. The van der Waals surface area contributed by atoms with E-state index in [-0.39, 0.29) is 0 Å². The first-order chi connectivity index (χ1) is 9.42. The van der Waals surface area contributed by atoms with Crippen molar-refractivity contribution in [1.82, 2.24) is 15.3 Å². The van der Waals surface area contributed by atoms with Gasteiger partial charge in [0, 0.05) is 12.4 Å². The van der Waals surface area contributed by atoms with Crippen molar-refractivity contribution in [3.8, 4) is 0 Å². The summed E-state index contributed by atoms with van der Waals surface area (Å²) in [5.74, 6) is 2.35. The van der Waals surface area contributed by atoms with Crippen LogP contribution in [0.2, 0.25) is 0 Å². The molecule has 0 atom stereocenters. The predicted octanol–water partition coefficient (Wildman–Crippen LogP) is 2.69. The first kappa shape index (κ1) is 12.1. The van der Waals surface area contributed by atoms with E-state index in [1.165, 1.54) is 18.4 Å². The van der Waals surface area contributed by atoms with Gasteiger partial charge in [-0.3, -0.25) is 0 Å². The van der Waals surface area contributed by atoms with Crippen LogP contribution in [0.15, 0.2) is 42.7 Å². The topological polar surface area (TPSA) is 49.8 Å². The molecule has 19 heavy (non-hydrogen) atoms. The van der Waals surface area contributed by atoms with Crippen molar-refractivity contribution in [2.24, 2.45) is 0 Å². The van der Waals surface area contributed by atoms with Crippen LogP contribution in [0.4, 0.5) is 11.6 Å². The lowest BCUT2D eigenvalue weighted by Crippen LogP contribution is -2.26. The summed E-state index contributed by atoms with van der Waals surface area (Å²) in [5.41, 5.74) is 1.37. The van der Waals surface area contributed by atoms with E-state index in [9.17, 15) is 0 Å². The van der Waals surface area contributed by atoms with Crippen molar-refractivity contribution in [2.75, 3.05) is 18.4 Å². The highest BCUT2D eigenvalue weighted by molar-refractivity contribution is 5.52. The smallest absolute Gasteiger partial charge is 0.131 e. The van der Waals surface area contributed by atoms with Gasteiger partial charge in [-0.25, -0.2) is 9.97 Å². The largest absolute Gasteiger partial charge is 0.325 e. The first-order valence-electron chi connectivity index (χ1n) is 6.76. The SMILES string of the molecule is c1ccc(Nc2cc(C3CCNCC3)ccn2)nc1. The predicted molar refractivity (Wildman–Crippen MR) is 76.6 cm³/mol. The molecule has 0 bridgehead atoms. The zero-order valence-electron chi connectivity index (χ0n) is 10.8. The number of hydrogen-bond acceptors (Lipinski definition) is 4. The fraction of sp³-hybridized carbons (Fsp3) is 0.333. The Hall–Kier alpha value is -1.94. The molecule has 2 aromatic rings. The summed E-state index contributed by atoms with van der Waals surface area (Å²) < 4.78 is 0. The Morgan fingerprint density at radius 3 is 2.63 bits per heavy atom. The van der Waals surface area contributed by atoms with E-state index in [1.807, 2.05) is 24.4 Å². The quantitative estimate of drug-likeness (QED) is 0.884. The van der Waals surface area contributed by atoms with Gasteiger partial charge in [-0.15, -0.1) is 0 Å². The number of nitrogens with zero attached hydrogens (tertiary/aromatic N) is 2. The molecular formula is C15H18N4. The van der Waals surface area contributed by atoms with Crippen LogP contribution in [0.1, 0.15) is 24.3 Å². The summed E-state index contributed by atoms with van der Waals surface area (Å²) >= 11 is 0. The van der Waals surface area contributed by atoms with Gasteiger partial charge in [0.25, 0.3) is 0 Å². The van der Waals surface area contributed by atoms with Gasteiger partial charge in [-0.2, -0.15) is 0 Å². The van der Waals surface area contributed by atoms with Crippen molar-refractivity contribution in [3.63, 3.8) is 0 Å². The second-order valence-corrected chi connectivity index (χ2v) is 4.84. The second-order valence-electron chi connectivity index (χ2n) is 4.84. The fourth-order valence-electron chi connectivity index (χ4n) is 2.49. The third-order valence-corrected chi connectivity index (χ3v) is 3.52. The third kappa shape index (κ3) is 3.09. The highest BCUT2D eigenvalue weighted by atomic mass is 15.0. The minimum absolute atomic E-state index is 0.647. The molecule has 4 heteroatoms. The Balaban J connectivity index is 1.76. The van der Waals surface area contributed by atoms with Crippen molar-refractivity contribution < 1.29 is 0 Å². The van der Waals surface area contributed by atoms with Crippen LogP contribution in [-0.4, -0.2) is 23.1 Å². The van der Waals surface area contributed by atoms with E-state index in [0.29, 0.717) is 5.92 Å². The molecule has 0 aliphatic carbocycles. The summed E-state index contributed by atoms with van der Waals surface area (Å²) in [6.07, 6.45) is 6.06. The second kappa shape index (κ2) is 5.80. The molecule has 3 heterocycles. The van der Waals surface area contributed by atoms with Crippen molar-refractivity contribution in [2.45, 2.75) is 18.8 Å². The zero-order valence-corrected chi connectivity index (χ0v) is 10.8. The number of hydrogen-bond donors (Lipinski definition) is 2. The summed E-state index contributed by atoms with van der Waals surface area (Å²) in [5, 5.41) is 6.64. The van der Waals surface area contributed by atoms with E-state index in [2.05, 4.69) is 32.7 Å². The third-order valence-electron chi connectivity index (χ3n) is 3.52. The molecule has 1 fully saturated rings. The summed E-state index contributed by atoms with van der Waals surface area (Å²) in [6, 6.07) is 10.1. The normalized spacial score (nSPS) is 16.2. The lowest BCUT2D eigenvalue weighted by atomic mass is 9.91. The van der Waals surface area contributed by atoms with Gasteiger partial charge >= 0.3 is 0 Å². The molecule has 1 aliphatic heterocycles. The molecule has 0 radical (unpaired) electrons. The van der Waals surface area contributed by atoms with Gasteiger partial charge < -0.3 is 10.6 Å². The van der Waals surface area contributed by atoms with E-state index >= 15 is 0 Å². The number of piperidine rings is 1. The maximum Gasteiger partial charge on any atom is 0.131 e. The molecule has 3 rings (SSSR count). The molecule has 2 aromatic heterocycles. The maximum absolute atomic E-state index is 4.36. The molecule has 0 spiro atoms. The highest BCUT2D eigenvalue weighted by Gasteiger charge is 2.15. The van der Waals surface area contributed by atoms with Gasteiger partial charge in [0.2, 0.25) is 0 Å². The molecule has 4 nitrogen and oxygen atoms in total. The van der Waals surface area contributed by atoms with E-state index < -0.39 is 0 Å². The van der Waals surface area contributed by atoms with Gasteiger partial charge in [-0.1, -0.05) is 6.07 Å². The van der Waals surface area contributed by atoms with E-state index in [4.69, 9.17) is 0 Å². The van der Waals surface area contributed by atoms with Gasteiger partial charge in [-0.05, 0) is 61.7 Å². The Morgan fingerprint density at radius 2 is 1.84 bits per heavy atom. The Morgan fingerprint density at radius 1 is 1.00 bits per heavy atom. The summed E-state index contributed by atoms with van der Waals surface area (Å²) in [7, 11) is 0. The van der Waals surface area contributed by atoms with Crippen molar-refractivity contribution >= 4 is 11.6 Å². The van der Waals surface area contributed by atoms with Gasteiger partial charge in [0.1, 0.15) is 11.6 Å². The van der Waals surface area contributed by atoms with Crippen LogP contribution in [0.25, 0.3) is 0 Å². The van der Waals surface area contributed by atoms with E-state index in [0.717, 1.165) is 24.7 Å². The maximum atomic E-state index is 4.36. The highest BCUT2D eigenvalue weighted by Crippen LogP contribution is 2.26. The Labute approximate surface area is 113 Å². The van der Waals surface area contributed by atoms with Gasteiger partial charge in [0.15, 0.2) is 0 Å². The van der Waals surface area contributed by atoms with E-state index in [1.54, 1.807) is 6.20 Å². The monoisotopic (exact) mass is 254 g/mol. The summed E-state index contributed by atoms with van der Waals surface area (Å²) in [6.45, 7) is 2.21. The number of anilines is 2. The van der Waals surface area contributed by atoms with Crippen LogP contribution < -0.4 is 10.6 Å². The number of aromatic nitrogens is 2. The molecule has 0 amide bonds. The Kier molecular flexibility index (Phi) is 3.70. The summed E-state index contributed by atoms with van der Waals surface area (Å²) in [4.78, 5) is 8.62. The molecule has 1 saturated heterocycles. The van der Waals surface area contributed by atoms with Crippen LogP contribution >= 0.6 is 0 Å². The lowest BCUT2D eigenvalue weighted by molar-refractivity contribution is 0.460. The average molecular weight is 254 g/mol. The lowest BCUT2D eigenvalue weighted by Gasteiger charge is -2.23. The molecule has 98 valence electrons. The molecule has 0 aromatic carbocycles.